The van der Waals surface area contributed by atoms with E-state index in [1.807, 2.05) is 25.8 Å². The number of nitrogens with one attached hydrogen (secondary N) is 2. The first kappa shape index (κ1) is 24.1. The Kier molecular flexibility index (Phi) is 8.38. The van der Waals surface area contributed by atoms with E-state index in [1.54, 1.807) is 0 Å². The summed E-state index contributed by atoms with van der Waals surface area (Å²) < 4.78 is 23.3. The second-order valence-electron chi connectivity index (χ2n) is 7.21. The number of nitro benzene ring substituents is 1. The van der Waals surface area contributed by atoms with Crippen molar-refractivity contribution in [3.63, 3.8) is 0 Å². The van der Waals surface area contributed by atoms with Gasteiger partial charge in [-0.2, -0.15) is 0 Å². The fourth-order valence-electron chi connectivity index (χ4n) is 2.91. The number of nitro groups is 1. The molecule has 0 saturated carbocycles. The molecule has 0 aliphatic rings. The van der Waals surface area contributed by atoms with E-state index in [2.05, 4.69) is 39.9 Å². The van der Waals surface area contributed by atoms with Crippen LogP contribution in [0.4, 0.5) is 11.4 Å². The van der Waals surface area contributed by atoms with Crippen LogP contribution in [0.1, 0.15) is 18.1 Å². The maximum Gasteiger partial charge on any atom is 0.293 e. The molecule has 0 saturated heterocycles. The van der Waals surface area contributed by atoms with Gasteiger partial charge in [-0.1, -0.05) is 29.8 Å². The molecule has 2 aromatic carbocycles. The lowest BCUT2D eigenvalue weighted by molar-refractivity contribution is -0.384. The summed E-state index contributed by atoms with van der Waals surface area (Å²) in [6.45, 7) is 6.17. The number of hydrogen-bond acceptors (Lipinski definition) is 6. The molecule has 0 heterocycles. The lowest BCUT2D eigenvalue weighted by Gasteiger charge is -2.22. The summed E-state index contributed by atoms with van der Waals surface area (Å²) >= 11 is 0. The van der Waals surface area contributed by atoms with Crippen molar-refractivity contribution in [2.75, 3.05) is 38.3 Å². The van der Waals surface area contributed by atoms with Crippen molar-refractivity contribution in [2.45, 2.75) is 25.3 Å². The first-order chi connectivity index (χ1) is 14.6. The highest BCUT2D eigenvalue weighted by molar-refractivity contribution is 7.90. The summed E-state index contributed by atoms with van der Waals surface area (Å²) in [5.41, 5.74) is 2.34. The molecule has 9 nitrogen and oxygen atoms in total. The van der Waals surface area contributed by atoms with E-state index >= 15 is 0 Å². The third-order valence-corrected chi connectivity index (χ3v) is 5.63. The number of hydrogen-bond donors (Lipinski definition) is 2. The van der Waals surface area contributed by atoms with Crippen LogP contribution in [-0.4, -0.2) is 57.1 Å². The van der Waals surface area contributed by atoms with Gasteiger partial charge in [0, 0.05) is 39.0 Å². The fourth-order valence-corrected chi connectivity index (χ4v) is 3.55. The Morgan fingerprint density at radius 2 is 1.87 bits per heavy atom. The molecule has 0 unspecified atom stereocenters. The molecule has 0 bridgehead atoms. The van der Waals surface area contributed by atoms with Crippen molar-refractivity contribution < 1.29 is 13.3 Å². The Bertz CT molecular complexity index is 1040. The predicted octanol–water partition coefficient (Wildman–Crippen LogP) is 2.82. The number of aryl methyl sites for hydroxylation is 1. The molecule has 0 fully saturated rings. The minimum absolute atomic E-state index is 0.0880. The first-order valence-corrected chi connectivity index (χ1v) is 11.8. The number of sulfone groups is 1. The fraction of sp³-hybridized carbons (Fsp3) is 0.381. The third-order valence-electron chi connectivity index (χ3n) is 4.52. The molecule has 31 heavy (non-hydrogen) atoms. The largest absolute Gasteiger partial charge is 0.378 e. The maximum absolute atomic E-state index is 11.7. The standard InChI is InChI=1S/C21H29N5O4S/c1-5-22-21(25(3)15-17-8-6-16(2)7-9-17)24-13-12-23-19-11-10-18(31(4,29)30)14-20(19)26(27)28/h6-11,14,23H,5,12-13,15H2,1-4H3,(H,22,24). The number of aliphatic imine (C=N–C) groups is 1. The van der Waals surface area contributed by atoms with Gasteiger partial charge in [-0.25, -0.2) is 8.42 Å². The molecule has 0 aliphatic heterocycles. The van der Waals surface area contributed by atoms with Crippen LogP contribution in [0.15, 0.2) is 52.4 Å². The summed E-state index contributed by atoms with van der Waals surface area (Å²) in [7, 11) is -1.58. The predicted molar refractivity (Wildman–Crippen MR) is 123 cm³/mol. The van der Waals surface area contributed by atoms with Gasteiger partial charge in [-0.15, -0.1) is 0 Å². The summed E-state index contributed by atoms with van der Waals surface area (Å²) in [6, 6.07) is 12.1. The molecular formula is C21H29N5O4S. The number of guanidine groups is 1. The molecule has 0 aliphatic carbocycles. The van der Waals surface area contributed by atoms with Crippen LogP contribution in [-0.2, 0) is 16.4 Å². The molecule has 2 rings (SSSR count). The van der Waals surface area contributed by atoms with Crippen molar-refractivity contribution in [3.8, 4) is 0 Å². The summed E-state index contributed by atoms with van der Waals surface area (Å²) in [4.78, 5) is 17.2. The zero-order valence-electron chi connectivity index (χ0n) is 18.3. The Morgan fingerprint density at radius 1 is 1.19 bits per heavy atom. The summed E-state index contributed by atoms with van der Waals surface area (Å²) in [6.07, 6.45) is 1.02. The van der Waals surface area contributed by atoms with Gasteiger partial charge in [0.15, 0.2) is 15.8 Å². The van der Waals surface area contributed by atoms with E-state index in [-0.39, 0.29) is 16.3 Å². The van der Waals surface area contributed by atoms with Gasteiger partial charge in [-0.3, -0.25) is 15.1 Å². The number of benzene rings is 2. The van der Waals surface area contributed by atoms with Gasteiger partial charge in [0.1, 0.15) is 5.69 Å². The van der Waals surface area contributed by atoms with E-state index in [4.69, 9.17) is 0 Å². The van der Waals surface area contributed by atoms with Crippen molar-refractivity contribution in [3.05, 3.63) is 63.7 Å². The number of nitrogens with zero attached hydrogens (tertiary/aromatic N) is 3. The quantitative estimate of drug-likeness (QED) is 0.200. The van der Waals surface area contributed by atoms with Crippen LogP contribution < -0.4 is 10.6 Å². The van der Waals surface area contributed by atoms with E-state index in [1.165, 1.54) is 23.3 Å². The molecule has 0 spiro atoms. The Hall–Kier alpha value is -3.14. The van der Waals surface area contributed by atoms with Crippen LogP contribution in [0.3, 0.4) is 0 Å². The lowest BCUT2D eigenvalue weighted by Crippen LogP contribution is -2.38. The third kappa shape index (κ3) is 7.25. The normalized spacial score (nSPS) is 11.8. The van der Waals surface area contributed by atoms with Gasteiger partial charge < -0.3 is 15.5 Å². The van der Waals surface area contributed by atoms with Gasteiger partial charge in [0.25, 0.3) is 5.69 Å². The van der Waals surface area contributed by atoms with Crippen LogP contribution in [0.5, 0.6) is 0 Å². The van der Waals surface area contributed by atoms with Crippen molar-refractivity contribution in [1.82, 2.24) is 10.2 Å². The average Bonchev–Trinajstić information content (AvgIpc) is 2.71. The van der Waals surface area contributed by atoms with E-state index in [0.29, 0.717) is 26.2 Å². The SMILES string of the molecule is CCNC(=NCCNc1ccc(S(C)(=O)=O)cc1[N+](=O)[O-])N(C)Cc1ccc(C)cc1. The molecule has 0 atom stereocenters. The maximum atomic E-state index is 11.7. The monoisotopic (exact) mass is 447 g/mol. The molecule has 2 aromatic rings. The molecule has 0 amide bonds. The Labute approximate surface area is 183 Å². The zero-order chi connectivity index (χ0) is 23.0. The van der Waals surface area contributed by atoms with Crippen molar-refractivity contribution >= 4 is 27.2 Å². The molecular weight excluding hydrogens is 418 g/mol. The lowest BCUT2D eigenvalue weighted by atomic mass is 10.1. The molecule has 0 aromatic heterocycles. The topological polar surface area (TPSA) is 117 Å². The van der Waals surface area contributed by atoms with Crippen molar-refractivity contribution in [1.29, 1.82) is 0 Å². The van der Waals surface area contributed by atoms with Crippen molar-refractivity contribution in [2.24, 2.45) is 4.99 Å². The Morgan fingerprint density at radius 3 is 2.45 bits per heavy atom. The molecule has 0 radical (unpaired) electrons. The highest BCUT2D eigenvalue weighted by atomic mass is 32.2. The first-order valence-electron chi connectivity index (χ1n) is 9.89. The van der Waals surface area contributed by atoms with Crippen LogP contribution >= 0.6 is 0 Å². The highest BCUT2D eigenvalue weighted by Crippen LogP contribution is 2.27. The minimum atomic E-state index is -3.52. The van der Waals surface area contributed by atoms with Crippen LogP contribution in [0.2, 0.25) is 0 Å². The highest BCUT2D eigenvalue weighted by Gasteiger charge is 2.18. The van der Waals surface area contributed by atoms with Crippen LogP contribution in [0, 0.1) is 17.0 Å². The number of rotatable bonds is 9. The van der Waals surface area contributed by atoms with Crippen LogP contribution in [0.25, 0.3) is 0 Å². The van der Waals surface area contributed by atoms with Gasteiger partial charge >= 0.3 is 0 Å². The van der Waals surface area contributed by atoms with Gasteiger partial charge in [-0.05, 0) is 31.5 Å². The molecule has 10 heteroatoms. The van der Waals surface area contributed by atoms with E-state index in [0.717, 1.165) is 18.3 Å². The van der Waals surface area contributed by atoms with E-state index < -0.39 is 14.8 Å². The second-order valence-corrected chi connectivity index (χ2v) is 9.23. The molecule has 168 valence electrons. The number of anilines is 1. The molecule has 2 N–H and O–H groups in total. The van der Waals surface area contributed by atoms with Gasteiger partial charge in [0.2, 0.25) is 0 Å². The minimum Gasteiger partial charge on any atom is -0.378 e. The zero-order valence-corrected chi connectivity index (χ0v) is 19.1. The smallest absolute Gasteiger partial charge is 0.293 e. The Balaban J connectivity index is 2.04. The van der Waals surface area contributed by atoms with E-state index in [9.17, 15) is 18.5 Å². The summed E-state index contributed by atoms with van der Waals surface area (Å²) in [5.74, 6) is 0.729. The summed E-state index contributed by atoms with van der Waals surface area (Å²) in [5, 5.41) is 17.6. The average molecular weight is 448 g/mol. The second kappa shape index (κ2) is 10.8. The van der Waals surface area contributed by atoms with Gasteiger partial charge in [0.05, 0.1) is 16.4 Å².